The molecule has 2 atom stereocenters. The lowest BCUT2D eigenvalue weighted by Crippen LogP contribution is -2.45. The van der Waals surface area contributed by atoms with Crippen molar-refractivity contribution in [1.29, 1.82) is 0 Å². The maximum atomic E-state index is 13.3. The van der Waals surface area contributed by atoms with Gasteiger partial charge in [0.1, 0.15) is 11.9 Å². The zero-order chi connectivity index (χ0) is 13.4. The first-order valence-electron chi connectivity index (χ1n) is 5.91. The van der Waals surface area contributed by atoms with Gasteiger partial charge >= 0.3 is 5.97 Å². The molecule has 3 N–H and O–H groups in total. The molecule has 6 heteroatoms. The molecule has 1 aromatic carbocycles. The topological polar surface area (TPSA) is 78.0 Å². The molecule has 0 saturated carbocycles. The molecule has 3 rings (SSSR count). The van der Waals surface area contributed by atoms with E-state index in [1.165, 1.54) is 18.5 Å². The van der Waals surface area contributed by atoms with Crippen LogP contribution in [0.3, 0.4) is 0 Å². The summed E-state index contributed by atoms with van der Waals surface area (Å²) in [6.07, 6.45) is 1.87. The summed E-state index contributed by atoms with van der Waals surface area (Å²) >= 11 is 0. The molecule has 2 aromatic rings. The van der Waals surface area contributed by atoms with Gasteiger partial charge in [0.25, 0.3) is 0 Å². The smallest absolute Gasteiger partial charge is 0.321 e. The number of aromatic amines is 1. The molecule has 0 bridgehead atoms. The van der Waals surface area contributed by atoms with E-state index in [2.05, 4.69) is 15.3 Å². The van der Waals surface area contributed by atoms with Gasteiger partial charge in [-0.15, -0.1) is 0 Å². The maximum Gasteiger partial charge on any atom is 0.321 e. The molecular weight excluding hydrogens is 249 g/mol. The Morgan fingerprint density at radius 2 is 2.32 bits per heavy atom. The summed E-state index contributed by atoms with van der Waals surface area (Å²) < 4.78 is 13.3. The summed E-state index contributed by atoms with van der Waals surface area (Å²) in [6.45, 7) is 0. The number of H-pyrrole nitrogens is 1. The van der Waals surface area contributed by atoms with Crippen molar-refractivity contribution >= 4 is 5.97 Å². The van der Waals surface area contributed by atoms with Gasteiger partial charge in [-0.1, -0.05) is 12.1 Å². The number of imidazole rings is 1. The molecule has 1 aliphatic rings. The molecule has 5 nitrogen and oxygen atoms in total. The zero-order valence-electron chi connectivity index (χ0n) is 9.93. The first kappa shape index (κ1) is 11.9. The Labute approximate surface area is 108 Å². The average Bonchev–Trinajstić information content (AvgIpc) is 2.85. The number of fused-ring (bicyclic) bond motifs is 1. The summed E-state index contributed by atoms with van der Waals surface area (Å²) in [5.41, 5.74) is 2.17. The number of hydrogen-bond donors (Lipinski definition) is 3. The van der Waals surface area contributed by atoms with Gasteiger partial charge in [-0.25, -0.2) is 9.37 Å². The van der Waals surface area contributed by atoms with Gasteiger partial charge in [-0.2, -0.15) is 0 Å². The number of rotatable bonds is 2. The first-order chi connectivity index (χ1) is 9.15. The number of carboxylic acid groups (broad SMARTS) is 1. The number of halogens is 1. The Morgan fingerprint density at radius 1 is 1.47 bits per heavy atom. The predicted molar refractivity (Wildman–Crippen MR) is 65.1 cm³/mol. The quantitative estimate of drug-likeness (QED) is 0.760. The Hall–Kier alpha value is -2.21. The largest absolute Gasteiger partial charge is 0.480 e. The monoisotopic (exact) mass is 261 g/mol. The molecule has 2 heterocycles. The number of hydrogen-bond acceptors (Lipinski definition) is 3. The number of aromatic nitrogens is 2. The van der Waals surface area contributed by atoms with Crippen LogP contribution in [0.15, 0.2) is 30.6 Å². The van der Waals surface area contributed by atoms with E-state index >= 15 is 0 Å². The third-order valence-electron chi connectivity index (χ3n) is 3.28. The highest BCUT2D eigenvalue weighted by atomic mass is 19.1. The molecule has 98 valence electrons. The standard InChI is InChI=1S/C13H12FN3O2/c14-8-3-1-2-7(4-8)11-12-9(15-6-16-12)5-10(17-11)13(18)19/h1-4,6,10-11,17H,5H2,(H,15,16)(H,18,19)/t10-,11+/m0/s1. The number of benzene rings is 1. The minimum absolute atomic E-state index is 0.344. The number of nitrogens with one attached hydrogen (secondary N) is 2. The van der Waals surface area contributed by atoms with Crippen LogP contribution >= 0.6 is 0 Å². The molecule has 0 radical (unpaired) electrons. The Balaban J connectivity index is 2.03. The third-order valence-corrected chi connectivity index (χ3v) is 3.28. The third kappa shape index (κ3) is 2.10. The van der Waals surface area contributed by atoms with E-state index in [1.807, 2.05) is 0 Å². The second-order valence-corrected chi connectivity index (χ2v) is 4.52. The summed E-state index contributed by atoms with van der Waals surface area (Å²) in [6, 6.07) is 4.98. The van der Waals surface area contributed by atoms with Crippen LogP contribution in [0.5, 0.6) is 0 Å². The van der Waals surface area contributed by atoms with E-state index in [4.69, 9.17) is 5.11 Å². The molecule has 0 amide bonds. The number of nitrogens with zero attached hydrogens (tertiary/aromatic N) is 1. The van der Waals surface area contributed by atoms with E-state index < -0.39 is 18.1 Å². The lowest BCUT2D eigenvalue weighted by molar-refractivity contribution is -0.139. The molecule has 0 spiro atoms. The average molecular weight is 261 g/mol. The summed E-state index contributed by atoms with van der Waals surface area (Å²) in [7, 11) is 0. The molecular formula is C13H12FN3O2. The van der Waals surface area contributed by atoms with Crippen LogP contribution in [0, 0.1) is 5.82 Å². The summed E-state index contributed by atoms with van der Waals surface area (Å²) in [5, 5.41) is 12.1. The van der Waals surface area contributed by atoms with E-state index in [9.17, 15) is 9.18 Å². The molecule has 1 aliphatic heterocycles. The number of carboxylic acids is 1. The van der Waals surface area contributed by atoms with E-state index in [0.29, 0.717) is 12.0 Å². The molecule has 0 saturated heterocycles. The Bertz CT molecular complexity index is 626. The van der Waals surface area contributed by atoms with Crippen molar-refractivity contribution in [1.82, 2.24) is 15.3 Å². The van der Waals surface area contributed by atoms with Crippen molar-refractivity contribution in [2.75, 3.05) is 0 Å². The van der Waals surface area contributed by atoms with Crippen molar-refractivity contribution in [3.05, 3.63) is 53.4 Å². The highest BCUT2D eigenvalue weighted by molar-refractivity contribution is 5.74. The number of aliphatic carboxylic acids is 1. The fourth-order valence-electron chi connectivity index (χ4n) is 2.39. The number of carbonyl (C=O) groups is 1. The van der Waals surface area contributed by atoms with Crippen LogP contribution in [0.25, 0.3) is 0 Å². The van der Waals surface area contributed by atoms with Crippen molar-refractivity contribution < 1.29 is 14.3 Å². The SMILES string of the molecule is O=C(O)[C@@H]1Cc2[nH]cnc2[C@@H](c2cccc(F)c2)N1. The lowest BCUT2D eigenvalue weighted by atomic mass is 9.94. The summed E-state index contributed by atoms with van der Waals surface area (Å²) in [5.74, 6) is -1.28. The lowest BCUT2D eigenvalue weighted by Gasteiger charge is -2.28. The van der Waals surface area contributed by atoms with Gasteiger partial charge in [0.2, 0.25) is 0 Å². The van der Waals surface area contributed by atoms with Crippen LogP contribution < -0.4 is 5.32 Å². The Morgan fingerprint density at radius 3 is 3.05 bits per heavy atom. The van der Waals surface area contributed by atoms with Gasteiger partial charge < -0.3 is 10.1 Å². The van der Waals surface area contributed by atoms with Crippen molar-refractivity contribution in [3.8, 4) is 0 Å². The van der Waals surface area contributed by atoms with E-state index in [1.54, 1.807) is 12.1 Å². The molecule has 0 fully saturated rings. The normalized spacial score (nSPS) is 21.9. The second-order valence-electron chi connectivity index (χ2n) is 4.52. The predicted octanol–water partition coefficient (Wildman–Crippen LogP) is 1.24. The van der Waals surface area contributed by atoms with Crippen LogP contribution in [0.2, 0.25) is 0 Å². The van der Waals surface area contributed by atoms with Crippen molar-refractivity contribution in [2.24, 2.45) is 0 Å². The molecule has 19 heavy (non-hydrogen) atoms. The zero-order valence-corrected chi connectivity index (χ0v) is 9.93. The second kappa shape index (κ2) is 4.47. The van der Waals surface area contributed by atoms with Crippen LogP contribution in [0.4, 0.5) is 4.39 Å². The highest BCUT2D eigenvalue weighted by Crippen LogP contribution is 2.28. The van der Waals surface area contributed by atoms with Crippen LogP contribution in [-0.2, 0) is 11.2 Å². The highest BCUT2D eigenvalue weighted by Gasteiger charge is 2.33. The van der Waals surface area contributed by atoms with Gasteiger partial charge in [0.15, 0.2) is 0 Å². The maximum absolute atomic E-state index is 13.3. The van der Waals surface area contributed by atoms with Crippen molar-refractivity contribution in [3.63, 3.8) is 0 Å². The minimum Gasteiger partial charge on any atom is -0.480 e. The minimum atomic E-state index is -0.929. The van der Waals surface area contributed by atoms with Crippen molar-refractivity contribution in [2.45, 2.75) is 18.5 Å². The first-order valence-corrected chi connectivity index (χ1v) is 5.91. The van der Waals surface area contributed by atoms with Gasteiger partial charge in [-0.3, -0.25) is 10.1 Å². The van der Waals surface area contributed by atoms with Crippen LogP contribution in [-0.4, -0.2) is 27.1 Å². The van der Waals surface area contributed by atoms with Gasteiger partial charge in [0, 0.05) is 12.1 Å². The summed E-state index contributed by atoms with van der Waals surface area (Å²) in [4.78, 5) is 18.3. The fraction of sp³-hybridized carbons (Fsp3) is 0.231. The molecule has 0 unspecified atom stereocenters. The van der Waals surface area contributed by atoms with E-state index in [-0.39, 0.29) is 5.82 Å². The fourth-order valence-corrected chi connectivity index (χ4v) is 2.39. The van der Waals surface area contributed by atoms with Gasteiger partial charge in [-0.05, 0) is 17.7 Å². The molecule has 1 aromatic heterocycles. The van der Waals surface area contributed by atoms with E-state index in [0.717, 1.165) is 11.4 Å². The van der Waals surface area contributed by atoms with Gasteiger partial charge in [0.05, 0.1) is 18.1 Å². The Kier molecular flexibility index (Phi) is 2.79. The molecule has 0 aliphatic carbocycles. The van der Waals surface area contributed by atoms with Crippen LogP contribution in [0.1, 0.15) is 23.0 Å².